The lowest BCUT2D eigenvalue weighted by Gasteiger charge is -2.11. The van der Waals surface area contributed by atoms with Gasteiger partial charge in [-0.25, -0.2) is 4.79 Å². The largest absolute Gasteiger partial charge is 0.461 e. The molecule has 1 aromatic carbocycles. The fraction of sp³-hybridized carbons (Fsp3) is 0.571. The number of rotatable bonds is 16. The number of benzene rings is 1. The lowest BCUT2D eigenvalue weighted by Crippen LogP contribution is -2.14. The highest BCUT2D eigenvalue weighted by molar-refractivity contribution is 6.20. The normalized spacial score (nSPS) is 12.0. The fourth-order valence-corrected chi connectivity index (χ4v) is 3.97. The summed E-state index contributed by atoms with van der Waals surface area (Å²) in [5.74, 6) is -0.320. The highest BCUT2D eigenvalue weighted by Gasteiger charge is 2.12. The second kappa shape index (κ2) is 15.9. The summed E-state index contributed by atoms with van der Waals surface area (Å²) in [7, 11) is 0. The zero-order valence-electron chi connectivity index (χ0n) is 20.0. The Kier molecular flexibility index (Phi) is 13.1. The van der Waals surface area contributed by atoms with Crippen molar-refractivity contribution in [3.05, 3.63) is 53.7 Å². The summed E-state index contributed by atoms with van der Waals surface area (Å²) in [6.45, 7) is 4.71. The number of unbranched alkanes of at least 4 members (excludes halogenated alkanes) is 8. The van der Waals surface area contributed by atoms with E-state index in [0.717, 1.165) is 30.5 Å². The maximum atomic E-state index is 12.3. The first-order chi connectivity index (χ1) is 15.6. The van der Waals surface area contributed by atoms with Crippen molar-refractivity contribution in [2.45, 2.75) is 96.3 Å². The van der Waals surface area contributed by atoms with Crippen LogP contribution in [0.3, 0.4) is 0 Å². The van der Waals surface area contributed by atoms with E-state index in [2.05, 4.69) is 31.0 Å². The van der Waals surface area contributed by atoms with E-state index in [-0.39, 0.29) is 18.0 Å². The quantitative estimate of drug-likeness (QED) is 0.144. The summed E-state index contributed by atoms with van der Waals surface area (Å²) in [5.41, 5.74) is 3.75. The Labute approximate surface area is 199 Å². The Bertz CT molecular complexity index is 758. The van der Waals surface area contributed by atoms with Gasteiger partial charge in [0.1, 0.15) is 6.61 Å². The molecule has 0 radical (unpaired) electrons. The van der Waals surface area contributed by atoms with Gasteiger partial charge in [-0.1, -0.05) is 89.8 Å². The van der Waals surface area contributed by atoms with E-state index in [4.69, 9.17) is 16.3 Å². The summed E-state index contributed by atoms with van der Waals surface area (Å²) < 4.78 is 5.40. The van der Waals surface area contributed by atoms with Crippen LogP contribution in [-0.2, 0) is 11.2 Å². The second-order valence-electron chi connectivity index (χ2n) is 8.69. The maximum Gasteiger partial charge on any atom is 0.338 e. The Morgan fingerprint density at radius 3 is 2.16 bits per heavy atom. The molecular formula is C28H40ClNO2. The number of esters is 1. The van der Waals surface area contributed by atoms with Crippen LogP contribution in [0.5, 0.6) is 0 Å². The average Bonchev–Trinajstić information content (AvgIpc) is 2.83. The van der Waals surface area contributed by atoms with E-state index < -0.39 is 0 Å². The molecule has 1 heterocycles. The molecular weight excluding hydrogens is 418 g/mol. The van der Waals surface area contributed by atoms with Gasteiger partial charge in [0.2, 0.25) is 0 Å². The van der Waals surface area contributed by atoms with Crippen molar-refractivity contribution in [2.24, 2.45) is 0 Å². The molecule has 32 heavy (non-hydrogen) atoms. The van der Waals surface area contributed by atoms with Crippen LogP contribution in [0.2, 0.25) is 0 Å². The van der Waals surface area contributed by atoms with E-state index in [0.29, 0.717) is 5.56 Å². The summed E-state index contributed by atoms with van der Waals surface area (Å²) >= 11 is 6.31. The Morgan fingerprint density at radius 2 is 1.53 bits per heavy atom. The zero-order valence-corrected chi connectivity index (χ0v) is 20.7. The van der Waals surface area contributed by atoms with Crippen LogP contribution >= 0.6 is 11.6 Å². The molecule has 0 fully saturated rings. The van der Waals surface area contributed by atoms with E-state index in [1.54, 1.807) is 12.1 Å². The number of alkyl halides is 1. The van der Waals surface area contributed by atoms with Crippen molar-refractivity contribution < 1.29 is 9.53 Å². The van der Waals surface area contributed by atoms with Crippen molar-refractivity contribution >= 4 is 17.6 Å². The summed E-state index contributed by atoms with van der Waals surface area (Å²) in [6, 6.07) is 11.7. The van der Waals surface area contributed by atoms with Crippen molar-refractivity contribution in [2.75, 3.05) is 6.61 Å². The summed E-state index contributed by atoms with van der Waals surface area (Å²) in [5, 5.41) is -0.116. The molecule has 4 heteroatoms. The van der Waals surface area contributed by atoms with Crippen molar-refractivity contribution in [3.63, 3.8) is 0 Å². The molecule has 0 aliphatic rings. The van der Waals surface area contributed by atoms with E-state index in [1.807, 2.05) is 18.3 Å². The number of nitrogens with zero attached hydrogens (tertiary/aromatic N) is 1. The van der Waals surface area contributed by atoms with Gasteiger partial charge in [0.15, 0.2) is 0 Å². The first kappa shape index (κ1) is 26.4. The molecule has 0 aliphatic heterocycles. The lowest BCUT2D eigenvalue weighted by atomic mass is 10.0. The molecule has 0 spiro atoms. The van der Waals surface area contributed by atoms with Crippen molar-refractivity contribution in [1.29, 1.82) is 0 Å². The van der Waals surface area contributed by atoms with Gasteiger partial charge in [0.05, 0.1) is 16.6 Å². The topological polar surface area (TPSA) is 39.2 Å². The molecule has 0 bridgehead atoms. The minimum atomic E-state index is -0.320. The smallest absolute Gasteiger partial charge is 0.338 e. The van der Waals surface area contributed by atoms with Crippen LogP contribution in [0, 0.1) is 0 Å². The number of carbonyl (C=O) groups is 1. The SMILES string of the molecule is CCCCCCCc1ccc(-c2ccc(C(=O)OC[C@@H](Cl)CCCCCCC)cc2)nc1. The Morgan fingerprint density at radius 1 is 0.875 bits per heavy atom. The van der Waals surface area contributed by atoms with E-state index in [1.165, 1.54) is 63.4 Å². The standard InChI is InChI=1S/C28H40ClNO2/c1-3-5-7-9-11-13-23-15-20-27(30-21-23)24-16-18-25(19-17-24)28(31)32-22-26(29)14-12-10-8-6-4-2/h15-21,26H,3-14,22H2,1-2H3/t26-/m0/s1. The van der Waals surface area contributed by atoms with Crippen LogP contribution in [0.1, 0.15) is 100 Å². The molecule has 2 aromatic rings. The minimum Gasteiger partial charge on any atom is -0.461 e. The summed E-state index contributed by atoms with van der Waals surface area (Å²) in [6.07, 6.45) is 16.4. The molecule has 2 rings (SSSR count). The zero-order chi connectivity index (χ0) is 23.0. The van der Waals surface area contributed by atoms with Gasteiger partial charge in [-0.15, -0.1) is 11.6 Å². The van der Waals surface area contributed by atoms with Crippen LogP contribution in [0.25, 0.3) is 11.3 Å². The lowest BCUT2D eigenvalue weighted by molar-refractivity contribution is 0.0501. The molecule has 0 N–H and O–H groups in total. The van der Waals surface area contributed by atoms with E-state index >= 15 is 0 Å². The highest BCUT2D eigenvalue weighted by atomic mass is 35.5. The third kappa shape index (κ3) is 10.2. The number of halogens is 1. The number of hydrogen-bond acceptors (Lipinski definition) is 3. The van der Waals surface area contributed by atoms with Crippen LogP contribution in [0.4, 0.5) is 0 Å². The van der Waals surface area contributed by atoms with Gasteiger partial charge in [-0.05, 0) is 43.0 Å². The minimum absolute atomic E-state index is 0.116. The maximum absolute atomic E-state index is 12.3. The van der Waals surface area contributed by atoms with Crippen LogP contribution < -0.4 is 0 Å². The molecule has 1 aromatic heterocycles. The summed E-state index contributed by atoms with van der Waals surface area (Å²) in [4.78, 5) is 16.9. The van der Waals surface area contributed by atoms with Crippen molar-refractivity contribution in [3.8, 4) is 11.3 Å². The molecule has 0 saturated heterocycles. The van der Waals surface area contributed by atoms with Gasteiger partial charge >= 0.3 is 5.97 Å². The number of aryl methyl sites for hydroxylation is 1. The third-order valence-electron chi connectivity index (χ3n) is 5.83. The molecule has 1 atom stereocenters. The predicted octanol–water partition coefficient (Wildman–Crippen LogP) is 8.39. The molecule has 0 unspecified atom stereocenters. The Balaban J connectivity index is 1.75. The number of pyridine rings is 1. The van der Waals surface area contributed by atoms with Gasteiger partial charge in [0, 0.05) is 11.8 Å². The molecule has 0 amide bonds. The van der Waals surface area contributed by atoms with Crippen molar-refractivity contribution in [1.82, 2.24) is 4.98 Å². The fourth-order valence-electron chi connectivity index (χ4n) is 3.76. The molecule has 0 aliphatic carbocycles. The molecule has 176 valence electrons. The number of hydrogen-bond donors (Lipinski definition) is 0. The van der Waals surface area contributed by atoms with Gasteiger partial charge in [-0.3, -0.25) is 4.98 Å². The monoisotopic (exact) mass is 457 g/mol. The number of aromatic nitrogens is 1. The van der Waals surface area contributed by atoms with Gasteiger partial charge in [-0.2, -0.15) is 0 Å². The van der Waals surface area contributed by atoms with Gasteiger partial charge in [0.25, 0.3) is 0 Å². The van der Waals surface area contributed by atoms with Crippen LogP contribution in [0.15, 0.2) is 42.6 Å². The first-order valence-electron chi connectivity index (χ1n) is 12.5. The average molecular weight is 458 g/mol. The first-order valence-corrected chi connectivity index (χ1v) is 12.9. The van der Waals surface area contributed by atoms with Gasteiger partial charge < -0.3 is 4.74 Å². The number of carbonyl (C=O) groups excluding carboxylic acids is 1. The third-order valence-corrected chi connectivity index (χ3v) is 6.17. The van der Waals surface area contributed by atoms with Crippen LogP contribution in [-0.4, -0.2) is 22.9 Å². The Hall–Kier alpha value is -1.87. The highest BCUT2D eigenvalue weighted by Crippen LogP contribution is 2.19. The molecule has 3 nitrogen and oxygen atoms in total. The predicted molar refractivity (Wildman–Crippen MR) is 135 cm³/mol. The second-order valence-corrected chi connectivity index (χ2v) is 9.31. The number of ether oxygens (including phenoxy) is 1. The molecule has 0 saturated carbocycles. The van der Waals surface area contributed by atoms with E-state index in [9.17, 15) is 4.79 Å².